The zero-order chi connectivity index (χ0) is 14.9. The highest BCUT2D eigenvalue weighted by Crippen LogP contribution is 2.40. The van der Waals surface area contributed by atoms with Gasteiger partial charge < -0.3 is 10.6 Å². The van der Waals surface area contributed by atoms with Gasteiger partial charge in [-0.05, 0) is 44.9 Å². The van der Waals surface area contributed by atoms with Gasteiger partial charge in [0.05, 0.1) is 0 Å². The van der Waals surface area contributed by atoms with Gasteiger partial charge in [-0.25, -0.2) is 9.97 Å². The Hall–Kier alpha value is -1.32. The monoisotopic (exact) mass is 288 g/mol. The zero-order valence-corrected chi connectivity index (χ0v) is 13.6. The fourth-order valence-electron chi connectivity index (χ4n) is 3.27. The van der Waals surface area contributed by atoms with E-state index in [-0.39, 0.29) is 0 Å². The first kappa shape index (κ1) is 14.6. The summed E-state index contributed by atoms with van der Waals surface area (Å²) in [6.07, 6.45) is 7.89. The molecule has 2 saturated carbocycles. The van der Waals surface area contributed by atoms with E-state index in [1.165, 1.54) is 38.5 Å². The lowest BCUT2D eigenvalue weighted by molar-refractivity contribution is 0.361. The summed E-state index contributed by atoms with van der Waals surface area (Å²) in [6.45, 7) is 8.56. The van der Waals surface area contributed by atoms with E-state index in [0.29, 0.717) is 11.3 Å². The van der Waals surface area contributed by atoms with Crippen LogP contribution in [0.1, 0.15) is 69.7 Å². The molecule has 0 aromatic carbocycles. The molecule has 116 valence electrons. The molecule has 0 bridgehead atoms. The van der Waals surface area contributed by atoms with Gasteiger partial charge in [-0.1, -0.05) is 19.8 Å². The Morgan fingerprint density at radius 3 is 2.29 bits per heavy atom. The van der Waals surface area contributed by atoms with Crippen LogP contribution in [-0.2, 0) is 0 Å². The quantitative estimate of drug-likeness (QED) is 0.828. The summed E-state index contributed by atoms with van der Waals surface area (Å²) in [7, 11) is 0. The molecule has 4 nitrogen and oxygen atoms in total. The lowest BCUT2D eigenvalue weighted by Crippen LogP contribution is -2.24. The van der Waals surface area contributed by atoms with Crippen LogP contribution in [0.25, 0.3) is 0 Å². The minimum atomic E-state index is 0.440. The van der Waals surface area contributed by atoms with Crippen LogP contribution >= 0.6 is 0 Å². The van der Waals surface area contributed by atoms with E-state index in [1.54, 1.807) is 0 Å². The molecule has 0 atom stereocenters. The molecule has 0 unspecified atom stereocenters. The maximum atomic E-state index is 4.81. The van der Waals surface area contributed by atoms with Crippen LogP contribution in [0.3, 0.4) is 0 Å². The minimum absolute atomic E-state index is 0.440. The third kappa shape index (κ3) is 3.30. The standard InChI is InChI=1S/C17H28N4/c1-4-18-14-12(2)15(21-16(20-14)13-7-8-13)19-11-17(3)9-5-6-10-17/h13H,4-11H2,1-3H3,(H2,18,19,20,21). The van der Waals surface area contributed by atoms with Crippen molar-refractivity contribution in [3.63, 3.8) is 0 Å². The Labute approximate surface area is 128 Å². The highest BCUT2D eigenvalue weighted by Gasteiger charge is 2.30. The number of hydrogen-bond donors (Lipinski definition) is 2. The van der Waals surface area contributed by atoms with Gasteiger partial charge in [0.2, 0.25) is 0 Å². The summed E-state index contributed by atoms with van der Waals surface area (Å²) in [5, 5.41) is 7.01. The molecule has 21 heavy (non-hydrogen) atoms. The Morgan fingerprint density at radius 1 is 1.10 bits per heavy atom. The van der Waals surface area contributed by atoms with E-state index in [4.69, 9.17) is 9.97 Å². The van der Waals surface area contributed by atoms with E-state index in [0.717, 1.165) is 36.1 Å². The second kappa shape index (κ2) is 5.82. The fraction of sp³-hybridized carbons (Fsp3) is 0.765. The third-order valence-corrected chi connectivity index (χ3v) is 4.94. The molecule has 2 fully saturated rings. The molecule has 0 aliphatic heterocycles. The van der Waals surface area contributed by atoms with Gasteiger partial charge in [-0.3, -0.25) is 0 Å². The molecule has 2 N–H and O–H groups in total. The Morgan fingerprint density at radius 2 is 1.71 bits per heavy atom. The number of aromatic nitrogens is 2. The van der Waals surface area contributed by atoms with E-state index < -0.39 is 0 Å². The molecule has 1 heterocycles. The minimum Gasteiger partial charge on any atom is -0.370 e. The topological polar surface area (TPSA) is 49.8 Å². The maximum Gasteiger partial charge on any atom is 0.136 e. The zero-order valence-electron chi connectivity index (χ0n) is 13.6. The van der Waals surface area contributed by atoms with Crippen LogP contribution in [0, 0.1) is 12.3 Å². The van der Waals surface area contributed by atoms with Gasteiger partial charge >= 0.3 is 0 Å². The van der Waals surface area contributed by atoms with Crippen LogP contribution in [0.15, 0.2) is 0 Å². The lowest BCUT2D eigenvalue weighted by Gasteiger charge is -2.25. The fourth-order valence-corrected chi connectivity index (χ4v) is 3.27. The lowest BCUT2D eigenvalue weighted by atomic mass is 9.89. The number of rotatable bonds is 6. The maximum absolute atomic E-state index is 4.81. The van der Waals surface area contributed by atoms with Crippen LogP contribution in [0.2, 0.25) is 0 Å². The van der Waals surface area contributed by atoms with Crippen molar-refractivity contribution >= 4 is 11.6 Å². The first-order chi connectivity index (χ1) is 10.1. The Balaban J connectivity index is 1.78. The van der Waals surface area contributed by atoms with Gasteiger partial charge in [0, 0.05) is 24.6 Å². The predicted octanol–water partition coefficient (Wildman–Crippen LogP) is 4.09. The summed E-state index contributed by atoms with van der Waals surface area (Å²) in [4.78, 5) is 9.53. The molecule has 0 spiro atoms. The second-order valence-electron chi connectivity index (χ2n) is 7.08. The van der Waals surface area contributed by atoms with Crippen molar-refractivity contribution in [1.29, 1.82) is 0 Å². The molecule has 1 aromatic heterocycles. The van der Waals surface area contributed by atoms with Gasteiger partial charge in [0.25, 0.3) is 0 Å². The third-order valence-electron chi connectivity index (χ3n) is 4.94. The van der Waals surface area contributed by atoms with Crippen LogP contribution in [-0.4, -0.2) is 23.1 Å². The molecule has 2 aliphatic carbocycles. The second-order valence-corrected chi connectivity index (χ2v) is 7.08. The van der Waals surface area contributed by atoms with Crippen molar-refractivity contribution in [2.75, 3.05) is 23.7 Å². The van der Waals surface area contributed by atoms with Crippen molar-refractivity contribution in [2.24, 2.45) is 5.41 Å². The summed E-state index contributed by atoms with van der Waals surface area (Å²) < 4.78 is 0. The van der Waals surface area contributed by atoms with Gasteiger partial charge in [-0.15, -0.1) is 0 Å². The molecular formula is C17H28N4. The average Bonchev–Trinajstić information content (AvgIpc) is 3.23. The smallest absolute Gasteiger partial charge is 0.136 e. The number of nitrogens with zero attached hydrogens (tertiary/aromatic N) is 2. The van der Waals surface area contributed by atoms with Crippen molar-refractivity contribution < 1.29 is 0 Å². The molecule has 4 heteroatoms. The molecule has 2 aliphatic rings. The van der Waals surface area contributed by atoms with E-state index in [2.05, 4.69) is 31.4 Å². The Kier molecular flexibility index (Phi) is 4.05. The summed E-state index contributed by atoms with van der Waals surface area (Å²) >= 11 is 0. The highest BCUT2D eigenvalue weighted by molar-refractivity contribution is 5.57. The van der Waals surface area contributed by atoms with Crippen LogP contribution in [0.4, 0.5) is 11.6 Å². The molecule has 0 saturated heterocycles. The number of anilines is 2. The predicted molar refractivity (Wildman–Crippen MR) is 88.0 cm³/mol. The largest absolute Gasteiger partial charge is 0.370 e. The molecule has 1 aromatic rings. The average molecular weight is 288 g/mol. The van der Waals surface area contributed by atoms with Crippen LogP contribution < -0.4 is 10.6 Å². The van der Waals surface area contributed by atoms with E-state index >= 15 is 0 Å². The van der Waals surface area contributed by atoms with Crippen molar-refractivity contribution in [1.82, 2.24) is 9.97 Å². The van der Waals surface area contributed by atoms with Crippen LogP contribution in [0.5, 0.6) is 0 Å². The molecule has 0 amide bonds. The Bertz CT molecular complexity index is 502. The van der Waals surface area contributed by atoms with Gasteiger partial charge in [-0.2, -0.15) is 0 Å². The first-order valence-corrected chi connectivity index (χ1v) is 8.47. The van der Waals surface area contributed by atoms with E-state index in [9.17, 15) is 0 Å². The first-order valence-electron chi connectivity index (χ1n) is 8.47. The summed E-state index contributed by atoms with van der Waals surface area (Å²) in [6, 6.07) is 0. The SMILES string of the molecule is CCNc1nc(C2CC2)nc(NCC2(C)CCCC2)c1C. The molecule has 3 rings (SSSR count). The molecular weight excluding hydrogens is 260 g/mol. The highest BCUT2D eigenvalue weighted by atomic mass is 15.1. The van der Waals surface area contributed by atoms with Crippen molar-refractivity contribution in [3.05, 3.63) is 11.4 Å². The number of hydrogen-bond acceptors (Lipinski definition) is 4. The molecule has 0 radical (unpaired) electrons. The number of nitrogens with one attached hydrogen (secondary N) is 2. The summed E-state index contributed by atoms with van der Waals surface area (Å²) in [5.74, 6) is 3.66. The normalized spacial score (nSPS) is 20.5. The van der Waals surface area contributed by atoms with Crippen molar-refractivity contribution in [3.8, 4) is 0 Å². The van der Waals surface area contributed by atoms with Gasteiger partial charge in [0.1, 0.15) is 17.5 Å². The summed E-state index contributed by atoms with van der Waals surface area (Å²) in [5.41, 5.74) is 1.60. The van der Waals surface area contributed by atoms with Gasteiger partial charge in [0.15, 0.2) is 0 Å². The van der Waals surface area contributed by atoms with Crippen molar-refractivity contribution in [2.45, 2.75) is 65.2 Å². The van der Waals surface area contributed by atoms with E-state index in [1.807, 2.05) is 0 Å².